The van der Waals surface area contributed by atoms with E-state index < -0.39 is 24.3 Å². The van der Waals surface area contributed by atoms with Gasteiger partial charge >= 0.3 is 5.97 Å². The van der Waals surface area contributed by atoms with Crippen LogP contribution in [-0.4, -0.2) is 61.4 Å². The lowest BCUT2D eigenvalue weighted by Crippen LogP contribution is -2.31. The molecule has 0 saturated carbocycles. The number of ether oxygens (including phenoxy) is 4. The highest BCUT2D eigenvalue weighted by Crippen LogP contribution is 2.25. The zero-order valence-electron chi connectivity index (χ0n) is 22.4. The lowest BCUT2D eigenvalue weighted by atomic mass is 9.91. The van der Waals surface area contributed by atoms with Crippen LogP contribution < -0.4 is 0 Å². The normalized spacial score (nSPS) is 33.9. The van der Waals surface area contributed by atoms with Crippen molar-refractivity contribution in [1.82, 2.24) is 0 Å². The Kier molecular flexibility index (Phi) is 11.9. The molecule has 3 aliphatic heterocycles. The van der Waals surface area contributed by atoms with E-state index in [-0.39, 0.29) is 18.3 Å². The van der Waals surface area contributed by atoms with Gasteiger partial charge in [0.2, 0.25) is 0 Å². The fraction of sp³-hybridized carbons (Fsp3) is 0.581. The number of hydrogen-bond donors (Lipinski definition) is 1. The topological polar surface area (TPSA) is 74.2 Å². The fourth-order valence-electron chi connectivity index (χ4n) is 4.96. The number of carbonyl (C=O) groups excluding carboxylic acids is 1. The molecule has 7 unspecified atom stereocenters. The maximum Gasteiger partial charge on any atom is 0.384 e. The van der Waals surface area contributed by atoms with E-state index in [1.165, 1.54) is 5.57 Å². The molecule has 3 aliphatic rings. The van der Waals surface area contributed by atoms with Crippen molar-refractivity contribution >= 4 is 5.97 Å². The molecule has 0 radical (unpaired) electrons. The number of methoxy groups -OCH3 is 1. The molecule has 202 valence electrons. The summed E-state index contributed by atoms with van der Waals surface area (Å²) in [5.74, 6) is 5.33. The first kappa shape index (κ1) is 29.1. The molecule has 0 saturated heterocycles. The van der Waals surface area contributed by atoms with Gasteiger partial charge in [0.25, 0.3) is 0 Å². The van der Waals surface area contributed by atoms with Crippen molar-refractivity contribution in [1.29, 1.82) is 0 Å². The number of esters is 1. The highest BCUT2D eigenvalue weighted by Gasteiger charge is 2.24. The number of cyclic esters (lactones) is 1. The van der Waals surface area contributed by atoms with Gasteiger partial charge in [-0.05, 0) is 44.9 Å². The molecule has 3 heterocycles. The lowest BCUT2D eigenvalue weighted by molar-refractivity contribution is -0.146. The summed E-state index contributed by atoms with van der Waals surface area (Å²) in [4.78, 5) is 12.6. The van der Waals surface area contributed by atoms with Gasteiger partial charge in [-0.25, -0.2) is 4.79 Å². The molecule has 3 rings (SSSR count). The first-order valence-electron chi connectivity index (χ1n) is 13.3. The summed E-state index contributed by atoms with van der Waals surface area (Å²) in [7, 11) is 1.58. The highest BCUT2D eigenvalue weighted by molar-refractivity contribution is 5.88. The molecule has 37 heavy (non-hydrogen) atoms. The summed E-state index contributed by atoms with van der Waals surface area (Å²) in [5.41, 5.74) is 2.29. The summed E-state index contributed by atoms with van der Waals surface area (Å²) in [6, 6.07) is 0. The third kappa shape index (κ3) is 10.5. The minimum atomic E-state index is -0.657. The third-order valence-corrected chi connectivity index (χ3v) is 6.82. The van der Waals surface area contributed by atoms with Crippen LogP contribution in [0.2, 0.25) is 0 Å². The lowest BCUT2D eigenvalue weighted by Gasteiger charge is -2.27. The van der Waals surface area contributed by atoms with Gasteiger partial charge in [-0.2, -0.15) is 0 Å². The van der Waals surface area contributed by atoms with Gasteiger partial charge in [-0.15, -0.1) is 0 Å². The molecule has 6 heteroatoms. The first-order valence-corrected chi connectivity index (χ1v) is 13.3. The smallest absolute Gasteiger partial charge is 0.384 e. The molecule has 6 nitrogen and oxygen atoms in total. The Morgan fingerprint density at radius 2 is 2.03 bits per heavy atom. The number of aliphatic hydroxyl groups is 1. The molecule has 0 amide bonds. The number of aliphatic hydroxyl groups excluding tert-OH is 1. The zero-order chi connectivity index (χ0) is 26.6. The molecular formula is C31H42O6. The van der Waals surface area contributed by atoms with Crippen molar-refractivity contribution in [2.24, 2.45) is 5.92 Å². The Balaban J connectivity index is 1.75. The van der Waals surface area contributed by atoms with Crippen LogP contribution in [0.4, 0.5) is 0 Å². The average Bonchev–Trinajstić information content (AvgIpc) is 2.83. The van der Waals surface area contributed by atoms with Crippen molar-refractivity contribution in [2.75, 3.05) is 13.7 Å². The van der Waals surface area contributed by atoms with Crippen molar-refractivity contribution in [3.8, 4) is 11.8 Å². The Hall–Kier alpha value is -2.43. The molecule has 0 spiro atoms. The van der Waals surface area contributed by atoms with Crippen molar-refractivity contribution < 1.29 is 28.8 Å². The Morgan fingerprint density at radius 1 is 1.22 bits per heavy atom. The second-order valence-electron chi connectivity index (χ2n) is 10.4. The Bertz CT molecular complexity index is 948. The average molecular weight is 511 g/mol. The van der Waals surface area contributed by atoms with Crippen LogP contribution in [0.15, 0.2) is 60.3 Å². The number of hydrogen-bond acceptors (Lipinski definition) is 6. The number of rotatable bonds is 4. The fourth-order valence-corrected chi connectivity index (χ4v) is 4.96. The molecule has 0 aromatic heterocycles. The van der Waals surface area contributed by atoms with Crippen LogP contribution in [0.1, 0.15) is 58.8 Å². The molecular weight excluding hydrogens is 468 g/mol. The quantitative estimate of drug-likeness (QED) is 0.248. The van der Waals surface area contributed by atoms with Gasteiger partial charge in [0.05, 0.1) is 31.0 Å². The Morgan fingerprint density at radius 3 is 2.81 bits per heavy atom. The largest absolute Gasteiger partial charge is 0.449 e. The molecule has 0 aliphatic carbocycles. The highest BCUT2D eigenvalue weighted by atomic mass is 16.6. The molecule has 2 bridgehead atoms. The van der Waals surface area contributed by atoms with E-state index >= 15 is 0 Å². The van der Waals surface area contributed by atoms with E-state index in [1.807, 2.05) is 24.3 Å². The van der Waals surface area contributed by atoms with E-state index in [1.54, 1.807) is 13.2 Å². The number of fused-ring (bicyclic) bond motifs is 2. The second-order valence-corrected chi connectivity index (χ2v) is 10.4. The number of carbonyl (C=O) groups is 1. The van der Waals surface area contributed by atoms with E-state index in [2.05, 4.69) is 44.4 Å². The summed E-state index contributed by atoms with van der Waals surface area (Å²) >= 11 is 0. The monoisotopic (exact) mass is 510 g/mol. The van der Waals surface area contributed by atoms with E-state index in [4.69, 9.17) is 18.9 Å². The standard InChI is InChI=1S/C31H42O6/c1-22-16-17-35-27(20-22)14-15-29(34-4)30-12-5-8-25(32)19-23(2)18-24(3)21-28-11-6-9-26(36-28)10-7-13-31(33)37-30/h5-6,8-9,14-16,24-30,32H,2,10-12,17-21H2,1,3-4H3/b8-5-,15-14?. The minimum Gasteiger partial charge on any atom is -0.449 e. The summed E-state index contributed by atoms with van der Waals surface area (Å²) in [6.07, 6.45) is 16.5. The first-order chi connectivity index (χ1) is 17.8. The van der Waals surface area contributed by atoms with E-state index in [0.717, 1.165) is 31.3 Å². The van der Waals surface area contributed by atoms with Crippen LogP contribution in [-0.2, 0) is 23.7 Å². The van der Waals surface area contributed by atoms with Crippen LogP contribution in [0, 0.1) is 17.8 Å². The SMILES string of the molecule is C=C1CC(O)/C=C\CC(C(C=CC2CC(C)=CCO2)OC)OC(=O)C#CCC2C=CCC(CC(C)C1)O2. The predicted octanol–water partition coefficient (Wildman–Crippen LogP) is 5.00. The Labute approximate surface area is 222 Å². The van der Waals surface area contributed by atoms with Gasteiger partial charge in [-0.3, -0.25) is 0 Å². The summed E-state index contributed by atoms with van der Waals surface area (Å²) in [6.45, 7) is 9.04. The van der Waals surface area contributed by atoms with Crippen molar-refractivity contribution in [3.05, 3.63) is 60.3 Å². The summed E-state index contributed by atoms with van der Waals surface area (Å²) in [5, 5.41) is 10.6. The van der Waals surface area contributed by atoms with E-state index in [9.17, 15) is 9.90 Å². The molecule has 0 aromatic rings. The third-order valence-electron chi connectivity index (χ3n) is 6.82. The summed E-state index contributed by atoms with van der Waals surface area (Å²) < 4.78 is 23.4. The zero-order valence-corrected chi connectivity index (χ0v) is 22.4. The van der Waals surface area contributed by atoms with E-state index in [0.29, 0.717) is 31.8 Å². The minimum absolute atomic E-state index is 0.0458. The molecule has 0 fully saturated rings. The van der Waals surface area contributed by atoms with Crippen molar-refractivity contribution in [3.63, 3.8) is 0 Å². The van der Waals surface area contributed by atoms with Gasteiger partial charge in [0.1, 0.15) is 12.2 Å². The van der Waals surface area contributed by atoms with Crippen molar-refractivity contribution in [2.45, 2.75) is 95.4 Å². The van der Waals surface area contributed by atoms with Gasteiger partial charge in [0, 0.05) is 25.9 Å². The van der Waals surface area contributed by atoms with Crippen LogP contribution in [0.5, 0.6) is 0 Å². The maximum absolute atomic E-state index is 12.6. The van der Waals surface area contributed by atoms with Crippen LogP contribution in [0.3, 0.4) is 0 Å². The second kappa shape index (κ2) is 15.1. The van der Waals surface area contributed by atoms with Gasteiger partial charge in [-0.1, -0.05) is 73.1 Å². The van der Waals surface area contributed by atoms with Gasteiger partial charge < -0.3 is 24.1 Å². The maximum atomic E-state index is 12.6. The van der Waals surface area contributed by atoms with Crippen LogP contribution in [0.25, 0.3) is 0 Å². The molecule has 1 N–H and O–H groups in total. The van der Waals surface area contributed by atoms with Crippen LogP contribution >= 0.6 is 0 Å². The molecule has 7 atom stereocenters. The van der Waals surface area contributed by atoms with Gasteiger partial charge in [0.15, 0.2) is 0 Å². The predicted molar refractivity (Wildman–Crippen MR) is 145 cm³/mol. The molecule has 0 aromatic carbocycles.